The number of para-hydroxylation sites is 1. The monoisotopic (exact) mass is 307 g/mol. The first-order chi connectivity index (χ1) is 11.3. The number of aliphatic hydroxyl groups excluding tert-OH is 1. The molecular formula is C19H21N3O. The summed E-state index contributed by atoms with van der Waals surface area (Å²) in [7, 11) is 0. The van der Waals surface area contributed by atoms with Gasteiger partial charge in [-0.2, -0.15) is 5.10 Å². The molecule has 4 rings (SSSR count). The maximum atomic E-state index is 9.48. The standard InChI is InChI=1S/C19H21N3O/c23-13-16-7-4-10-22(16)12-14-5-3-6-15(11-14)19-17-8-1-2-9-18(17)20-21-19/h1-3,5-6,8-9,11,16,23H,4,7,10,12-13H2,(H,20,21)/t16-/m0/s1. The summed E-state index contributed by atoms with van der Waals surface area (Å²) in [5.74, 6) is 0. The molecule has 0 radical (unpaired) electrons. The Labute approximate surface area is 135 Å². The number of aliphatic hydroxyl groups is 1. The second-order valence-electron chi connectivity index (χ2n) is 6.27. The zero-order valence-corrected chi connectivity index (χ0v) is 13.1. The van der Waals surface area contributed by atoms with Gasteiger partial charge in [0.1, 0.15) is 0 Å². The fourth-order valence-corrected chi connectivity index (χ4v) is 3.55. The minimum absolute atomic E-state index is 0.254. The highest BCUT2D eigenvalue weighted by Gasteiger charge is 2.23. The third kappa shape index (κ3) is 2.76. The third-order valence-corrected chi connectivity index (χ3v) is 4.77. The van der Waals surface area contributed by atoms with Crippen molar-refractivity contribution in [3.63, 3.8) is 0 Å². The Morgan fingerprint density at radius 2 is 2.09 bits per heavy atom. The number of hydrogen-bond acceptors (Lipinski definition) is 3. The Morgan fingerprint density at radius 3 is 3.00 bits per heavy atom. The normalized spacial score (nSPS) is 18.7. The van der Waals surface area contributed by atoms with Crippen LogP contribution in [0.4, 0.5) is 0 Å². The van der Waals surface area contributed by atoms with E-state index in [-0.39, 0.29) is 6.61 Å². The third-order valence-electron chi connectivity index (χ3n) is 4.77. The molecule has 4 nitrogen and oxygen atoms in total. The zero-order valence-electron chi connectivity index (χ0n) is 13.1. The van der Waals surface area contributed by atoms with Gasteiger partial charge in [-0.1, -0.05) is 36.4 Å². The molecule has 1 atom stereocenters. The Kier molecular flexibility index (Phi) is 3.85. The van der Waals surface area contributed by atoms with E-state index >= 15 is 0 Å². The van der Waals surface area contributed by atoms with Crippen molar-refractivity contribution >= 4 is 10.9 Å². The first-order valence-electron chi connectivity index (χ1n) is 8.22. The number of nitrogens with zero attached hydrogens (tertiary/aromatic N) is 2. The Hall–Kier alpha value is -2.17. The Morgan fingerprint density at radius 1 is 1.17 bits per heavy atom. The van der Waals surface area contributed by atoms with E-state index in [9.17, 15) is 5.11 Å². The number of aromatic nitrogens is 2. The fraction of sp³-hybridized carbons (Fsp3) is 0.316. The van der Waals surface area contributed by atoms with Gasteiger partial charge in [0.2, 0.25) is 0 Å². The lowest BCUT2D eigenvalue weighted by atomic mass is 10.0. The average Bonchev–Trinajstić information content (AvgIpc) is 3.21. The van der Waals surface area contributed by atoms with Crippen LogP contribution in [0.1, 0.15) is 18.4 Å². The molecule has 4 heteroatoms. The summed E-state index contributed by atoms with van der Waals surface area (Å²) < 4.78 is 0. The van der Waals surface area contributed by atoms with Crippen molar-refractivity contribution in [3.8, 4) is 11.3 Å². The molecular weight excluding hydrogens is 286 g/mol. The van der Waals surface area contributed by atoms with Crippen LogP contribution in [0.15, 0.2) is 48.5 Å². The molecule has 1 saturated heterocycles. The van der Waals surface area contributed by atoms with Crippen LogP contribution in [-0.2, 0) is 6.54 Å². The lowest BCUT2D eigenvalue weighted by molar-refractivity contribution is 0.153. The number of rotatable bonds is 4. The summed E-state index contributed by atoms with van der Waals surface area (Å²) in [6.07, 6.45) is 2.27. The second kappa shape index (κ2) is 6.14. The highest BCUT2D eigenvalue weighted by Crippen LogP contribution is 2.27. The zero-order chi connectivity index (χ0) is 15.6. The quantitative estimate of drug-likeness (QED) is 0.778. The predicted octanol–water partition coefficient (Wildman–Crippen LogP) is 3.19. The molecule has 1 aliphatic rings. The first kappa shape index (κ1) is 14.4. The number of nitrogens with one attached hydrogen (secondary N) is 1. The minimum atomic E-state index is 0.254. The summed E-state index contributed by atoms with van der Waals surface area (Å²) in [5, 5.41) is 18.2. The van der Waals surface area contributed by atoms with E-state index in [1.807, 2.05) is 18.2 Å². The van der Waals surface area contributed by atoms with E-state index in [4.69, 9.17) is 0 Å². The van der Waals surface area contributed by atoms with Crippen molar-refractivity contribution in [2.45, 2.75) is 25.4 Å². The van der Waals surface area contributed by atoms with Gasteiger partial charge < -0.3 is 5.11 Å². The lowest BCUT2D eigenvalue weighted by Gasteiger charge is -2.22. The summed E-state index contributed by atoms with van der Waals surface area (Å²) in [6.45, 7) is 2.21. The maximum Gasteiger partial charge on any atom is 0.0999 e. The van der Waals surface area contributed by atoms with Gasteiger partial charge in [0.15, 0.2) is 0 Å². The summed E-state index contributed by atoms with van der Waals surface area (Å²) in [4.78, 5) is 2.38. The molecule has 2 heterocycles. The van der Waals surface area contributed by atoms with E-state index in [1.54, 1.807) is 0 Å². The van der Waals surface area contributed by atoms with Gasteiger partial charge in [0.05, 0.1) is 17.8 Å². The highest BCUT2D eigenvalue weighted by atomic mass is 16.3. The van der Waals surface area contributed by atoms with E-state index in [1.165, 1.54) is 12.0 Å². The van der Waals surface area contributed by atoms with Crippen molar-refractivity contribution in [2.75, 3.05) is 13.2 Å². The van der Waals surface area contributed by atoms with Gasteiger partial charge in [-0.15, -0.1) is 0 Å². The van der Waals surface area contributed by atoms with Crippen LogP contribution in [0, 0.1) is 0 Å². The number of aromatic amines is 1. The molecule has 0 unspecified atom stereocenters. The van der Waals surface area contributed by atoms with E-state index < -0.39 is 0 Å². The molecule has 0 saturated carbocycles. The van der Waals surface area contributed by atoms with Gasteiger partial charge in [-0.05, 0) is 37.1 Å². The van der Waals surface area contributed by atoms with Crippen molar-refractivity contribution in [2.24, 2.45) is 0 Å². The lowest BCUT2D eigenvalue weighted by Crippen LogP contribution is -2.31. The highest BCUT2D eigenvalue weighted by molar-refractivity contribution is 5.92. The van der Waals surface area contributed by atoms with Gasteiger partial charge in [0.25, 0.3) is 0 Å². The number of hydrogen-bond donors (Lipinski definition) is 2. The maximum absolute atomic E-state index is 9.48. The molecule has 1 fully saturated rings. The number of H-pyrrole nitrogens is 1. The van der Waals surface area contributed by atoms with Crippen LogP contribution >= 0.6 is 0 Å². The number of fused-ring (bicyclic) bond motifs is 1. The number of benzene rings is 2. The van der Waals surface area contributed by atoms with Gasteiger partial charge in [-0.3, -0.25) is 10.00 Å². The fourth-order valence-electron chi connectivity index (χ4n) is 3.55. The van der Waals surface area contributed by atoms with Crippen LogP contribution in [0.5, 0.6) is 0 Å². The molecule has 0 spiro atoms. The van der Waals surface area contributed by atoms with Crippen molar-refractivity contribution < 1.29 is 5.11 Å². The SMILES string of the molecule is OC[C@@H]1CCCN1Cc1cccc(-c2n[nH]c3ccccc23)c1. The molecule has 23 heavy (non-hydrogen) atoms. The van der Waals surface area contributed by atoms with E-state index in [0.717, 1.165) is 41.7 Å². The smallest absolute Gasteiger partial charge is 0.0999 e. The molecule has 118 valence electrons. The van der Waals surface area contributed by atoms with Gasteiger partial charge in [0, 0.05) is 23.5 Å². The Bertz CT molecular complexity index is 811. The average molecular weight is 307 g/mol. The number of likely N-dealkylation sites (tertiary alicyclic amines) is 1. The van der Waals surface area contributed by atoms with Crippen molar-refractivity contribution in [1.29, 1.82) is 0 Å². The largest absolute Gasteiger partial charge is 0.395 e. The summed E-state index contributed by atoms with van der Waals surface area (Å²) >= 11 is 0. The molecule has 2 aromatic carbocycles. The van der Waals surface area contributed by atoms with Crippen molar-refractivity contribution in [3.05, 3.63) is 54.1 Å². The molecule has 2 N–H and O–H groups in total. The summed E-state index contributed by atoms with van der Waals surface area (Å²) in [6, 6.07) is 17.1. The summed E-state index contributed by atoms with van der Waals surface area (Å²) in [5.41, 5.74) is 4.48. The second-order valence-corrected chi connectivity index (χ2v) is 6.27. The van der Waals surface area contributed by atoms with Crippen LogP contribution in [-0.4, -0.2) is 39.4 Å². The van der Waals surface area contributed by atoms with Crippen LogP contribution in [0.25, 0.3) is 22.2 Å². The van der Waals surface area contributed by atoms with Gasteiger partial charge in [-0.25, -0.2) is 0 Å². The van der Waals surface area contributed by atoms with E-state index in [0.29, 0.717) is 6.04 Å². The van der Waals surface area contributed by atoms with E-state index in [2.05, 4.69) is 45.4 Å². The van der Waals surface area contributed by atoms with Crippen LogP contribution in [0.2, 0.25) is 0 Å². The molecule has 1 aliphatic heterocycles. The molecule has 1 aromatic heterocycles. The van der Waals surface area contributed by atoms with Crippen LogP contribution < -0.4 is 0 Å². The Balaban J connectivity index is 1.64. The minimum Gasteiger partial charge on any atom is -0.395 e. The molecule has 0 aliphatic carbocycles. The van der Waals surface area contributed by atoms with Gasteiger partial charge >= 0.3 is 0 Å². The molecule has 0 bridgehead atoms. The molecule has 0 amide bonds. The van der Waals surface area contributed by atoms with Crippen LogP contribution in [0.3, 0.4) is 0 Å². The topological polar surface area (TPSA) is 52.1 Å². The molecule has 3 aromatic rings. The first-order valence-corrected chi connectivity index (χ1v) is 8.22. The predicted molar refractivity (Wildman–Crippen MR) is 92.0 cm³/mol. The van der Waals surface area contributed by atoms with Crippen molar-refractivity contribution in [1.82, 2.24) is 15.1 Å².